The van der Waals surface area contributed by atoms with E-state index in [-0.39, 0.29) is 11.5 Å². The van der Waals surface area contributed by atoms with Gasteiger partial charge in [0.05, 0.1) is 5.56 Å². The number of aromatic carboxylic acids is 1. The molecule has 0 aromatic heterocycles. The van der Waals surface area contributed by atoms with Gasteiger partial charge in [-0.2, -0.15) is 0 Å². The second kappa shape index (κ2) is 5.40. The SMILES string of the molecule is Cc1cc(NC(=O)[C@H]2CCCO2)cc(C(=O)O)c1C. The highest BCUT2D eigenvalue weighted by Gasteiger charge is 2.24. The molecule has 5 nitrogen and oxygen atoms in total. The lowest BCUT2D eigenvalue weighted by Crippen LogP contribution is -2.27. The van der Waals surface area contributed by atoms with Crippen molar-refractivity contribution in [1.82, 2.24) is 0 Å². The van der Waals surface area contributed by atoms with Crippen LogP contribution < -0.4 is 5.32 Å². The number of carbonyl (C=O) groups is 2. The van der Waals surface area contributed by atoms with E-state index in [0.717, 1.165) is 12.0 Å². The van der Waals surface area contributed by atoms with E-state index in [1.165, 1.54) is 6.07 Å². The fraction of sp³-hybridized carbons (Fsp3) is 0.429. The van der Waals surface area contributed by atoms with Gasteiger partial charge in [-0.15, -0.1) is 0 Å². The van der Waals surface area contributed by atoms with E-state index in [9.17, 15) is 9.59 Å². The Morgan fingerprint density at radius 2 is 2.11 bits per heavy atom. The summed E-state index contributed by atoms with van der Waals surface area (Å²) in [7, 11) is 0. The minimum atomic E-state index is -0.992. The smallest absolute Gasteiger partial charge is 0.336 e. The number of ether oxygens (including phenoxy) is 1. The molecule has 0 saturated carbocycles. The zero-order chi connectivity index (χ0) is 14.0. The molecule has 1 saturated heterocycles. The molecule has 1 aliphatic rings. The first-order valence-corrected chi connectivity index (χ1v) is 6.26. The minimum absolute atomic E-state index is 0.211. The lowest BCUT2D eigenvalue weighted by Gasteiger charge is -2.13. The van der Waals surface area contributed by atoms with E-state index in [1.807, 2.05) is 6.92 Å². The van der Waals surface area contributed by atoms with Crippen LogP contribution in [0.5, 0.6) is 0 Å². The zero-order valence-electron chi connectivity index (χ0n) is 11.0. The van der Waals surface area contributed by atoms with E-state index in [2.05, 4.69) is 5.32 Å². The van der Waals surface area contributed by atoms with Gasteiger partial charge in [0.1, 0.15) is 6.10 Å². The first kappa shape index (κ1) is 13.5. The van der Waals surface area contributed by atoms with Crippen LogP contribution in [0.2, 0.25) is 0 Å². The van der Waals surface area contributed by atoms with Crippen molar-refractivity contribution in [2.45, 2.75) is 32.8 Å². The molecule has 0 unspecified atom stereocenters. The highest BCUT2D eigenvalue weighted by atomic mass is 16.5. The molecule has 19 heavy (non-hydrogen) atoms. The number of carboxylic acid groups (broad SMARTS) is 1. The zero-order valence-corrected chi connectivity index (χ0v) is 11.0. The van der Waals surface area contributed by atoms with Crippen molar-refractivity contribution in [3.8, 4) is 0 Å². The van der Waals surface area contributed by atoms with Crippen molar-refractivity contribution in [3.63, 3.8) is 0 Å². The van der Waals surface area contributed by atoms with Gasteiger partial charge in [0.2, 0.25) is 0 Å². The molecule has 2 rings (SSSR count). The normalized spacial score (nSPS) is 18.3. The fourth-order valence-corrected chi connectivity index (χ4v) is 2.16. The van der Waals surface area contributed by atoms with Crippen molar-refractivity contribution < 1.29 is 19.4 Å². The Hall–Kier alpha value is -1.88. The molecule has 102 valence electrons. The van der Waals surface area contributed by atoms with Crippen LogP contribution >= 0.6 is 0 Å². The van der Waals surface area contributed by atoms with Crippen LogP contribution in [0, 0.1) is 13.8 Å². The number of carbonyl (C=O) groups excluding carboxylic acids is 1. The molecule has 1 fully saturated rings. The minimum Gasteiger partial charge on any atom is -0.478 e. The third-order valence-electron chi connectivity index (χ3n) is 3.39. The molecular weight excluding hydrogens is 246 g/mol. The Bertz CT molecular complexity index is 518. The summed E-state index contributed by atoms with van der Waals surface area (Å²) >= 11 is 0. The first-order valence-electron chi connectivity index (χ1n) is 6.26. The summed E-state index contributed by atoms with van der Waals surface area (Å²) < 4.78 is 5.29. The number of rotatable bonds is 3. The molecule has 0 spiro atoms. The Labute approximate surface area is 111 Å². The maximum atomic E-state index is 11.9. The average Bonchev–Trinajstić information content (AvgIpc) is 2.86. The molecule has 2 N–H and O–H groups in total. The maximum absolute atomic E-state index is 11.9. The van der Waals surface area contributed by atoms with E-state index < -0.39 is 12.1 Å². The Morgan fingerprint density at radius 3 is 2.68 bits per heavy atom. The van der Waals surface area contributed by atoms with Crippen LogP contribution in [0.3, 0.4) is 0 Å². The lowest BCUT2D eigenvalue weighted by atomic mass is 10.0. The van der Waals surface area contributed by atoms with Crippen LogP contribution in [0.15, 0.2) is 12.1 Å². The highest BCUT2D eigenvalue weighted by Crippen LogP contribution is 2.21. The molecule has 1 aromatic carbocycles. The Balaban J connectivity index is 2.20. The van der Waals surface area contributed by atoms with Gasteiger partial charge in [0.25, 0.3) is 5.91 Å². The van der Waals surface area contributed by atoms with E-state index in [1.54, 1.807) is 13.0 Å². The summed E-state index contributed by atoms with van der Waals surface area (Å²) in [5.41, 5.74) is 2.26. The van der Waals surface area contributed by atoms with Gasteiger partial charge >= 0.3 is 5.97 Å². The molecule has 1 atom stereocenters. The summed E-state index contributed by atoms with van der Waals surface area (Å²) in [6.07, 6.45) is 1.17. The molecule has 0 aliphatic carbocycles. The largest absolute Gasteiger partial charge is 0.478 e. The van der Waals surface area contributed by atoms with E-state index >= 15 is 0 Å². The third kappa shape index (κ3) is 2.93. The summed E-state index contributed by atoms with van der Waals surface area (Å²) in [5, 5.41) is 11.8. The number of carboxylic acids is 1. The predicted octanol–water partition coefficient (Wildman–Crippen LogP) is 2.12. The van der Waals surface area contributed by atoms with E-state index in [0.29, 0.717) is 24.3 Å². The Morgan fingerprint density at radius 1 is 1.37 bits per heavy atom. The second-order valence-corrected chi connectivity index (χ2v) is 4.76. The fourth-order valence-electron chi connectivity index (χ4n) is 2.16. The summed E-state index contributed by atoms with van der Waals surface area (Å²) in [5.74, 6) is -1.20. The number of hydrogen-bond donors (Lipinski definition) is 2. The average molecular weight is 263 g/mol. The number of amides is 1. The van der Waals surface area contributed by atoms with E-state index in [4.69, 9.17) is 9.84 Å². The highest BCUT2D eigenvalue weighted by molar-refractivity contribution is 5.97. The third-order valence-corrected chi connectivity index (χ3v) is 3.39. The second-order valence-electron chi connectivity index (χ2n) is 4.76. The molecular formula is C14H17NO4. The molecule has 5 heteroatoms. The summed E-state index contributed by atoms with van der Waals surface area (Å²) in [6, 6.07) is 3.26. The van der Waals surface area contributed by atoms with Crippen LogP contribution in [0.4, 0.5) is 5.69 Å². The molecule has 1 amide bonds. The van der Waals surface area contributed by atoms with Crippen molar-refractivity contribution >= 4 is 17.6 Å². The first-order chi connectivity index (χ1) is 8.99. The van der Waals surface area contributed by atoms with Gasteiger partial charge in [0, 0.05) is 12.3 Å². The quantitative estimate of drug-likeness (QED) is 0.875. The van der Waals surface area contributed by atoms with Gasteiger partial charge in [-0.1, -0.05) is 0 Å². The number of anilines is 1. The molecule has 1 heterocycles. The van der Waals surface area contributed by atoms with Crippen molar-refractivity contribution in [2.24, 2.45) is 0 Å². The van der Waals surface area contributed by atoms with Crippen LogP contribution in [0.25, 0.3) is 0 Å². The summed E-state index contributed by atoms with van der Waals surface area (Å²) in [4.78, 5) is 23.0. The number of benzene rings is 1. The van der Waals surface area contributed by atoms with Gasteiger partial charge in [0.15, 0.2) is 0 Å². The molecule has 0 bridgehead atoms. The Kier molecular flexibility index (Phi) is 3.85. The molecule has 1 aromatic rings. The topological polar surface area (TPSA) is 75.6 Å². The van der Waals surface area contributed by atoms with Gasteiger partial charge < -0.3 is 15.2 Å². The monoisotopic (exact) mass is 263 g/mol. The van der Waals surface area contributed by atoms with Crippen molar-refractivity contribution in [3.05, 3.63) is 28.8 Å². The lowest BCUT2D eigenvalue weighted by molar-refractivity contribution is -0.124. The van der Waals surface area contributed by atoms with Crippen LogP contribution in [0.1, 0.15) is 34.3 Å². The predicted molar refractivity (Wildman–Crippen MR) is 70.5 cm³/mol. The van der Waals surface area contributed by atoms with Crippen LogP contribution in [-0.4, -0.2) is 29.7 Å². The standard InChI is InChI=1S/C14H17NO4/c1-8-6-10(7-11(9(8)2)14(17)18)15-13(16)12-4-3-5-19-12/h6-7,12H,3-5H2,1-2H3,(H,15,16)(H,17,18)/t12-/m1/s1. The number of nitrogens with one attached hydrogen (secondary N) is 1. The maximum Gasteiger partial charge on any atom is 0.336 e. The number of aryl methyl sites for hydroxylation is 1. The number of hydrogen-bond acceptors (Lipinski definition) is 3. The van der Waals surface area contributed by atoms with Gasteiger partial charge in [-0.25, -0.2) is 4.79 Å². The van der Waals surface area contributed by atoms with Crippen molar-refractivity contribution in [1.29, 1.82) is 0 Å². The molecule has 0 radical (unpaired) electrons. The van der Waals surface area contributed by atoms with Crippen LogP contribution in [-0.2, 0) is 9.53 Å². The van der Waals surface area contributed by atoms with Crippen molar-refractivity contribution in [2.75, 3.05) is 11.9 Å². The summed E-state index contributed by atoms with van der Waals surface area (Å²) in [6.45, 7) is 4.18. The van der Waals surface area contributed by atoms with Gasteiger partial charge in [-0.3, -0.25) is 4.79 Å². The van der Waals surface area contributed by atoms with Gasteiger partial charge in [-0.05, 0) is 49.9 Å². The molecule has 1 aliphatic heterocycles.